The summed E-state index contributed by atoms with van der Waals surface area (Å²) >= 11 is 0. The average Bonchev–Trinajstić information content (AvgIpc) is 2.60. The Labute approximate surface area is 160 Å². The van der Waals surface area contributed by atoms with Crippen LogP contribution in [0, 0.1) is 6.92 Å². The van der Waals surface area contributed by atoms with E-state index in [-0.39, 0.29) is 0 Å². The van der Waals surface area contributed by atoms with Crippen LogP contribution in [-0.4, -0.2) is 23.2 Å². The van der Waals surface area contributed by atoms with E-state index in [9.17, 15) is 0 Å². The van der Waals surface area contributed by atoms with Crippen LogP contribution in [0.25, 0.3) is 0 Å². The third-order valence-corrected chi connectivity index (χ3v) is 6.89. The van der Waals surface area contributed by atoms with Crippen molar-refractivity contribution in [2.24, 2.45) is 5.73 Å². The zero-order valence-corrected chi connectivity index (χ0v) is 17.4. The molecule has 0 aliphatic heterocycles. The van der Waals surface area contributed by atoms with E-state index in [4.69, 9.17) is 5.73 Å². The Bertz CT molecular complexity index is 746. The second-order valence-electron chi connectivity index (χ2n) is 7.68. The Kier molecular flexibility index (Phi) is 7.10. The second kappa shape index (κ2) is 9.09. The van der Waals surface area contributed by atoms with Gasteiger partial charge in [-0.15, -0.1) is 0 Å². The fourth-order valence-corrected chi connectivity index (χ4v) is 5.50. The summed E-state index contributed by atoms with van der Waals surface area (Å²) in [6, 6.07) is 13.0. The number of aromatic nitrogens is 1. The molecule has 1 aromatic carbocycles. The standard InChI is InChI=1S/C23H32N2S/c1-6-21(17-26(4,5)16-20-11-13-25-14-12-20)23(24)15-19(3)22-9-7-18(2)8-10-22/h6-14,19H,1,15-17,24H2,2-5H3/b23-21-. The number of hydrogen-bond donors (Lipinski definition) is 1. The van der Waals surface area contributed by atoms with Crippen LogP contribution in [0.1, 0.15) is 36.0 Å². The number of rotatable bonds is 8. The molecular formula is C23H32N2S. The minimum absolute atomic E-state index is 0.406. The van der Waals surface area contributed by atoms with E-state index in [1.807, 2.05) is 18.5 Å². The molecule has 0 aliphatic carbocycles. The molecule has 0 fully saturated rings. The van der Waals surface area contributed by atoms with Gasteiger partial charge in [0.1, 0.15) is 0 Å². The fourth-order valence-electron chi connectivity index (χ4n) is 3.16. The molecular weight excluding hydrogens is 336 g/mol. The lowest BCUT2D eigenvalue weighted by Crippen LogP contribution is -2.13. The predicted octanol–water partition coefficient (Wildman–Crippen LogP) is 5.55. The highest BCUT2D eigenvalue weighted by molar-refractivity contribution is 8.32. The topological polar surface area (TPSA) is 38.9 Å². The van der Waals surface area contributed by atoms with E-state index in [1.165, 1.54) is 22.3 Å². The molecule has 0 spiro atoms. The van der Waals surface area contributed by atoms with Crippen LogP contribution in [0.3, 0.4) is 0 Å². The summed E-state index contributed by atoms with van der Waals surface area (Å²) in [5.41, 5.74) is 12.7. The number of nitrogens with two attached hydrogens (primary N) is 1. The molecule has 26 heavy (non-hydrogen) atoms. The summed E-state index contributed by atoms with van der Waals surface area (Å²) in [7, 11) is -0.834. The number of pyridine rings is 1. The SMILES string of the molecule is C=C/C(CS(C)(C)Cc1ccncc1)=C(/N)CC(C)c1ccc(C)cc1. The Morgan fingerprint density at radius 1 is 1.15 bits per heavy atom. The number of aryl methyl sites for hydroxylation is 1. The summed E-state index contributed by atoms with van der Waals surface area (Å²) in [5, 5.41) is 0. The van der Waals surface area contributed by atoms with Crippen molar-refractivity contribution < 1.29 is 0 Å². The zero-order valence-electron chi connectivity index (χ0n) is 16.5. The molecule has 140 valence electrons. The lowest BCUT2D eigenvalue weighted by molar-refractivity contribution is 0.740. The highest BCUT2D eigenvalue weighted by atomic mass is 32.3. The third kappa shape index (κ3) is 6.06. The Morgan fingerprint density at radius 3 is 2.35 bits per heavy atom. The normalized spacial score (nSPS) is 14.5. The molecule has 2 nitrogen and oxygen atoms in total. The summed E-state index contributed by atoms with van der Waals surface area (Å²) in [6.07, 6.45) is 11.3. The average molecular weight is 369 g/mol. The molecule has 0 radical (unpaired) electrons. The van der Waals surface area contributed by atoms with Crippen molar-refractivity contribution in [3.8, 4) is 0 Å². The van der Waals surface area contributed by atoms with Gasteiger partial charge in [-0.2, -0.15) is 0 Å². The van der Waals surface area contributed by atoms with Gasteiger partial charge in [0, 0.05) is 29.6 Å². The van der Waals surface area contributed by atoms with Gasteiger partial charge in [-0.05, 0) is 60.6 Å². The molecule has 1 heterocycles. The Morgan fingerprint density at radius 2 is 1.77 bits per heavy atom. The zero-order chi connectivity index (χ0) is 19.2. The van der Waals surface area contributed by atoms with Crippen LogP contribution in [0.5, 0.6) is 0 Å². The van der Waals surface area contributed by atoms with Gasteiger partial charge in [-0.25, -0.2) is 10.0 Å². The van der Waals surface area contributed by atoms with Crippen LogP contribution in [0.15, 0.2) is 72.7 Å². The van der Waals surface area contributed by atoms with Gasteiger partial charge in [0.25, 0.3) is 0 Å². The lowest BCUT2D eigenvalue weighted by Gasteiger charge is -2.32. The highest BCUT2D eigenvalue weighted by Gasteiger charge is 2.17. The van der Waals surface area contributed by atoms with Crippen LogP contribution in [0.2, 0.25) is 0 Å². The number of allylic oxidation sites excluding steroid dienone is 2. The second-order valence-corrected chi connectivity index (χ2v) is 11.8. The van der Waals surface area contributed by atoms with E-state index < -0.39 is 10.0 Å². The van der Waals surface area contributed by atoms with E-state index in [1.54, 1.807) is 0 Å². The molecule has 1 unspecified atom stereocenters. The molecule has 1 atom stereocenters. The number of benzene rings is 1. The van der Waals surface area contributed by atoms with Crippen molar-refractivity contribution in [2.75, 3.05) is 18.3 Å². The monoisotopic (exact) mass is 368 g/mol. The Balaban J connectivity index is 2.08. The smallest absolute Gasteiger partial charge is 0.0270 e. The molecule has 0 amide bonds. The van der Waals surface area contributed by atoms with E-state index in [2.05, 4.69) is 74.3 Å². The van der Waals surface area contributed by atoms with Gasteiger partial charge in [-0.3, -0.25) is 4.98 Å². The van der Waals surface area contributed by atoms with Crippen molar-refractivity contribution in [1.29, 1.82) is 0 Å². The van der Waals surface area contributed by atoms with Gasteiger partial charge in [-0.1, -0.05) is 49.4 Å². The third-order valence-electron chi connectivity index (χ3n) is 4.68. The molecule has 1 aromatic heterocycles. The molecule has 0 saturated heterocycles. The highest BCUT2D eigenvalue weighted by Crippen LogP contribution is 2.45. The number of nitrogens with zero attached hydrogens (tertiary/aromatic N) is 1. The van der Waals surface area contributed by atoms with Crippen LogP contribution >= 0.6 is 10.0 Å². The van der Waals surface area contributed by atoms with Crippen LogP contribution in [0.4, 0.5) is 0 Å². The molecule has 3 heteroatoms. The maximum atomic E-state index is 6.51. The first-order chi connectivity index (χ1) is 12.3. The van der Waals surface area contributed by atoms with Gasteiger partial charge in [0.05, 0.1) is 0 Å². The van der Waals surface area contributed by atoms with Gasteiger partial charge in [0.2, 0.25) is 0 Å². The van der Waals surface area contributed by atoms with Gasteiger partial charge < -0.3 is 5.73 Å². The van der Waals surface area contributed by atoms with Gasteiger partial charge >= 0.3 is 0 Å². The first kappa shape index (κ1) is 20.3. The first-order valence-corrected chi connectivity index (χ1v) is 11.8. The Hall–Kier alpha value is -2.00. The maximum Gasteiger partial charge on any atom is 0.0270 e. The van der Waals surface area contributed by atoms with Crippen molar-refractivity contribution in [1.82, 2.24) is 4.98 Å². The van der Waals surface area contributed by atoms with E-state index in [0.717, 1.165) is 23.6 Å². The fraction of sp³-hybridized carbons (Fsp3) is 0.348. The van der Waals surface area contributed by atoms with Gasteiger partial charge in [0.15, 0.2) is 0 Å². The lowest BCUT2D eigenvalue weighted by atomic mass is 9.94. The molecule has 2 aromatic rings. The van der Waals surface area contributed by atoms with Crippen molar-refractivity contribution >= 4 is 10.0 Å². The number of hydrogen-bond acceptors (Lipinski definition) is 2. The summed E-state index contributed by atoms with van der Waals surface area (Å²) in [4.78, 5) is 4.11. The van der Waals surface area contributed by atoms with E-state index in [0.29, 0.717) is 5.92 Å². The summed E-state index contributed by atoms with van der Waals surface area (Å²) in [5.74, 6) is 2.49. The minimum atomic E-state index is -0.834. The van der Waals surface area contributed by atoms with Crippen molar-refractivity contribution in [3.63, 3.8) is 0 Å². The molecule has 2 rings (SSSR count). The quantitative estimate of drug-likeness (QED) is 0.621. The molecule has 0 saturated carbocycles. The first-order valence-electron chi connectivity index (χ1n) is 9.05. The van der Waals surface area contributed by atoms with Crippen LogP contribution < -0.4 is 5.73 Å². The maximum absolute atomic E-state index is 6.51. The molecule has 0 bridgehead atoms. The minimum Gasteiger partial charge on any atom is -0.402 e. The van der Waals surface area contributed by atoms with Crippen molar-refractivity contribution in [2.45, 2.75) is 31.9 Å². The van der Waals surface area contributed by atoms with E-state index >= 15 is 0 Å². The summed E-state index contributed by atoms with van der Waals surface area (Å²) in [6.45, 7) is 8.39. The molecule has 0 aliphatic rings. The predicted molar refractivity (Wildman–Crippen MR) is 118 cm³/mol. The van der Waals surface area contributed by atoms with Crippen LogP contribution in [-0.2, 0) is 5.75 Å². The summed E-state index contributed by atoms with van der Waals surface area (Å²) < 4.78 is 0. The largest absolute Gasteiger partial charge is 0.402 e. The molecule has 2 N–H and O–H groups in total. The van der Waals surface area contributed by atoms with Crippen molar-refractivity contribution in [3.05, 3.63) is 89.4 Å².